The first-order valence-electron chi connectivity index (χ1n) is 5.79. The summed E-state index contributed by atoms with van der Waals surface area (Å²) >= 11 is 0. The van der Waals surface area contributed by atoms with Gasteiger partial charge in [0.1, 0.15) is 5.52 Å². The lowest BCUT2D eigenvalue weighted by Gasteiger charge is -1.98. The summed E-state index contributed by atoms with van der Waals surface area (Å²) in [6.07, 6.45) is 0. The van der Waals surface area contributed by atoms with Crippen LogP contribution in [-0.2, 0) is 0 Å². The Hall–Kier alpha value is -2.78. The normalized spacial score (nSPS) is 10.4. The number of nitrogens with zero attached hydrogens (tertiary/aromatic N) is 4. The van der Waals surface area contributed by atoms with Crippen LogP contribution in [0.4, 0.5) is 5.69 Å². The van der Waals surface area contributed by atoms with Crippen LogP contribution >= 0.6 is 0 Å². The second-order valence-corrected chi connectivity index (χ2v) is 4.18. The van der Waals surface area contributed by atoms with Crippen molar-refractivity contribution in [2.75, 3.05) is 0 Å². The van der Waals surface area contributed by atoms with E-state index >= 15 is 0 Å². The molecule has 0 aliphatic rings. The van der Waals surface area contributed by atoms with Gasteiger partial charge in [0.05, 0.1) is 0 Å². The summed E-state index contributed by atoms with van der Waals surface area (Å²) in [5.74, 6) is 0.575. The average molecular weight is 250 g/mol. The first kappa shape index (κ1) is 11.3. The Morgan fingerprint density at radius 3 is 2.84 bits per heavy atom. The van der Waals surface area contributed by atoms with Crippen molar-refractivity contribution >= 4 is 16.8 Å². The van der Waals surface area contributed by atoms with Gasteiger partial charge in [0.2, 0.25) is 5.89 Å². The molecule has 2 aromatic carbocycles. The number of hydrogen-bond donors (Lipinski definition) is 0. The van der Waals surface area contributed by atoms with Gasteiger partial charge in [-0.25, -0.2) is 4.98 Å². The van der Waals surface area contributed by atoms with Gasteiger partial charge in [0, 0.05) is 16.2 Å². The van der Waals surface area contributed by atoms with E-state index in [-0.39, 0.29) is 0 Å². The van der Waals surface area contributed by atoms with Crippen molar-refractivity contribution in [1.29, 1.82) is 0 Å². The van der Waals surface area contributed by atoms with Crippen molar-refractivity contribution in [1.82, 2.24) is 4.98 Å². The molecular weight excluding hydrogens is 240 g/mol. The largest absolute Gasteiger partial charge is 0.436 e. The molecule has 5 heteroatoms. The molecule has 1 aromatic heterocycles. The fraction of sp³-hybridized carbons (Fsp3) is 0.0714. The molecular formula is C14H10N4O. The van der Waals surface area contributed by atoms with E-state index in [9.17, 15) is 0 Å². The van der Waals surface area contributed by atoms with E-state index in [1.54, 1.807) is 18.2 Å². The number of aryl methyl sites for hydroxylation is 1. The molecule has 92 valence electrons. The fourth-order valence-electron chi connectivity index (χ4n) is 1.96. The van der Waals surface area contributed by atoms with Crippen molar-refractivity contribution < 1.29 is 4.42 Å². The van der Waals surface area contributed by atoms with E-state index in [4.69, 9.17) is 9.95 Å². The summed E-state index contributed by atoms with van der Waals surface area (Å²) < 4.78 is 5.72. The van der Waals surface area contributed by atoms with Crippen LogP contribution in [-0.4, -0.2) is 4.98 Å². The highest BCUT2D eigenvalue weighted by atomic mass is 16.3. The maximum Gasteiger partial charge on any atom is 0.227 e. The van der Waals surface area contributed by atoms with Crippen LogP contribution in [0, 0.1) is 6.92 Å². The van der Waals surface area contributed by atoms with E-state index in [0.29, 0.717) is 22.7 Å². The molecule has 0 radical (unpaired) electrons. The predicted octanol–water partition coefficient (Wildman–Crippen LogP) is 4.75. The zero-order valence-electron chi connectivity index (χ0n) is 10.2. The van der Waals surface area contributed by atoms with Crippen molar-refractivity contribution in [3.63, 3.8) is 0 Å². The first-order valence-corrected chi connectivity index (χ1v) is 5.79. The van der Waals surface area contributed by atoms with E-state index < -0.39 is 0 Å². The summed E-state index contributed by atoms with van der Waals surface area (Å²) in [5, 5.41) is 3.56. The lowest BCUT2D eigenvalue weighted by Crippen LogP contribution is -1.81. The molecule has 0 unspecified atom stereocenters. The third-order valence-electron chi connectivity index (χ3n) is 2.91. The molecule has 0 saturated carbocycles. The maximum absolute atomic E-state index is 8.43. The number of fused-ring (bicyclic) bond motifs is 1. The van der Waals surface area contributed by atoms with Gasteiger partial charge >= 0.3 is 0 Å². The van der Waals surface area contributed by atoms with Crippen molar-refractivity contribution in [3.05, 3.63) is 58.5 Å². The Morgan fingerprint density at radius 2 is 2.05 bits per heavy atom. The fourth-order valence-corrected chi connectivity index (χ4v) is 1.96. The molecule has 0 spiro atoms. The summed E-state index contributed by atoms with van der Waals surface area (Å²) in [7, 11) is 0. The second-order valence-electron chi connectivity index (χ2n) is 4.18. The predicted molar refractivity (Wildman–Crippen MR) is 73.0 cm³/mol. The number of oxazole rings is 1. The van der Waals surface area contributed by atoms with Crippen molar-refractivity contribution in [2.24, 2.45) is 5.11 Å². The molecule has 3 rings (SSSR count). The Bertz CT molecular complexity index is 800. The number of hydrogen-bond acceptors (Lipinski definition) is 3. The Labute approximate surface area is 109 Å². The minimum Gasteiger partial charge on any atom is -0.436 e. The van der Waals surface area contributed by atoms with Crippen molar-refractivity contribution in [2.45, 2.75) is 6.92 Å². The number of azide groups is 1. The lowest BCUT2D eigenvalue weighted by atomic mass is 10.1. The molecule has 0 saturated heterocycles. The van der Waals surface area contributed by atoms with Crippen LogP contribution < -0.4 is 0 Å². The van der Waals surface area contributed by atoms with E-state index in [2.05, 4.69) is 15.0 Å². The smallest absolute Gasteiger partial charge is 0.227 e. The van der Waals surface area contributed by atoms with Crippen LogP contribution in [0.3, 0.4) is 0 Å². The van der Waals surface area contributed by atoms with Crippen LogP contribution in [0.1, 0.15) is 5.56 Å². The number of rotatable bonds is 2. The molecule has 0 fully saturated rings. The van der Waals surface area contributed by atoms with Gasteiger partial charge in [-0.2, -0.15) is 0 Å². The lowest BCUT2D eigenvalue weighted by molar-refractivity contribution is 0.619. The average Bonchev–Trinajstić information content (AvgIpc) is 2.82. The van der Waals surface area contributed by atoms with Gasteiger partial charge in [-0.1, -0.05) is 23.3 Å². The number of aromatic nitrogens is 1. The molecule has 5 nitrogen and oxygen atoms in total. The highest BCUT2D eigenvalue weighted by molar-refractivity contribution is 5.79. The summed E-state index contributed by atoms with van der Waals surface area (Å²) in [5.41, 5.74) is 12.4. The molecule has 19 heavy (non-hydrogen) atoms. The molecule has 0 N–H and O–H groups in total. The Morgan fingerprint density at radius 1 is 1.21 bits per heavy atom. The minimum atomic E-state index is 0.527. The van der Waals surface area contributed by atoms with Gasteiger partial charge < -0.3 is 4.42 Å². The van der Waals surface area contributed by atoms with Gasteiger partial charge in [0.25, 0.3) is 0 Å². The van der Waals surface area contributed by atoms with Gasteiger partial charge in [-0.15, -0.1) is 0 Å². The zero-order valence-corrected chi connectivity index (χ0v) is 10.2. The summed E-state index contributed by atoms with van der Waals surface area (Å²) in [6, 6.07) is 13.1. The zero-order chi connectivity index (χ0) is 13.2. The van der Waals surface area contributed by atoms with Crippen molar-refractivity contribution in [3.8, 4) is 11.5 Å². The second kappa shape index (κ2) is 4.48. The molecule has 1 heterocycles. The van der Waals surface area contributed by atoms with Crippen LogP contribution in [0.5, 0.6) is 0 Å². The topological polar surface area (TPSA) is 74.8 Å². The monoisotopic (exact) mass is 250 g/mol. The Kier molecular flexibility index (Phi) is 2.67. The summed E-state index contributed by atoms with van der Waals surface area (Å²) in [4.78, 5) is 7.20. The molecule has 0 amide bonds. The summed E-state index contributed by atoms with van der Waals surface area (Å²) in [6.45, 7) is 2.01. The third-order valence-corrected chi connectivity index (χ3v) is 2.91. The quantitative estimate of drug-likeness (QED) is 0.374. The van der Waals surface area contributed by atoms with Gasteiger partial charge in [-0.3, -0.25) is 0 Å². The molecule has 0 atom stereocenters. The van der Waals surface area contributed by atoms with Crippen LogP contribution in [0.15, 0.2) is 52.0 Å². The minimum absolute atomic E-state index is 0.527. The molecule has 3 aromatic rings. The molecule has 0 bridgehead atoms. The highest BCUT2D eigenvalue weighted by Crippen LogP contribution is 2.28. The first-order chi connectivity index (χ1) is 9.28. The van der Waals surface area contributed by atoms with Gasteiger partial charge in [-0.05, 0) is 42.3 Å². The van der Waals surface area contributed by atoms with Gasteiger partial charge in [0.15, 0.2) is 5.58 Å². The standard InChI is InChI=1S/C14H10N4O/c1-9-4-2-3-5-11(9)14-16-12-8-10(17-18-15)6-7-13(12)19-14/h2-8H,1H3. The van der Waals surface area contributed by atoms with E-state index in [1.807, 2.05) is 31.2 Å². The highest BCUT2D eigenvalue weighted by Gasteiger charge is 2.10. The Balaban J connectivity index is 2.17. The SMILES string of the molecule is Cc1ccccc1-c1nc2cc(N=[N+]=[N-])ccc2o1. The van der Waals surface area contributed by atoms with Crippen LogP contribution in [0.25, 0.3) is 33.0 Å². The number of benzene rings is 2. The van der Waals surface area contributed by atoms with Crippen LogP contribution in [0.2, 0.25) is 0 Å². The molecule has 0 aliphatic carbocycles. The van der Waals surface area contributed by atoms with E-state index in [1.165, 1.54) is 0 Å². The molecule has 0 aliphatic heterocycles. The van der Waals surface area contributed by atoms with E-state index in [0.717, 1.165) is 11.1 Å². The third kappa shape index (κ3) is 2.03. The maximum atomic E-state index is 8.43.